The van der Waals surface area contributed by atoms with Gasteiger partial charge in [-0.2, -0.15) is 0 Å². The first kappa shape index (κ1) is 21.6. The molecule has 164 valence electrons. The van der Waals surface area contributed by atoms with Gasteiger partial charge in [0.1, 0.15) is 18.5 Å². The first-order valence-electron chi connectivity index (χ1n) is 10.6. The van der Waals surface area contributed by atoms with Crippen LogP contribution >= 0.6 is 0 Å². The molecule has 1 aliphatic carbocycles. The molecule has 3 aromatic carbocycles. The van der Waals surface area contributed by atoms with Crippen molar-refractivity contribution in [1.29, 1.82) is 0 Å². The standard InChI is InChI=1S/C26H24FNO4/c27-18-14-12-17(13-15-18)6-5-11-24(25(29)30)28-26(31)32-16-23-21-9-3-1-7-19(21)20-8-2-4-10-22(20)23/h1-4,7-10,12-15,23-24H,5-6,11,16H2,(H,28,31)(H,29,30)/t24-/m0/s1. The highest BCUT2D eigenvalue weighted by atomic mass is 19.1. The molecule has 0 fully saturated rings. The molecule has 0 spiro atoms. The monoisotopic (exact) mass is 433 g/mol. The van der Waals surface area contributed by atoms with Crippen LogP contribution in [0.4, 0.5) is 9.18 Å². The highest BCUT2D eigenvalue weighted by Crippen LogP contribution is 2.44. The van der Waals surface area contributed by atoms with Crippen LogP contribution in [0.25, 0.3) is 11.1 Å². The van der Waals surface area contributed by atoms with Crippen LogP contribution < -0.4 is 5.32 Å². The number of amides is 1. The summed E-state index contributed by atoms with van der Waals surface area (Å²) < 4.78 is 18.4. The lowest BCUT2D eigenvalue weighted by Crippen LogP contribution is -2.41. The van der Waals surface area contributed by atoms with Crippen LogP contribution in [0.2, 0.25) is 0 Å². The van der Waals surface area contributed by atoms with Crippen LogP contribution in [0.15, 0.2) is 72.8 Å². The number of hydrogen-bond donors (Lipinski definition) is 2. The van der Waals surface area contributed by atoms with Crippen LogP contribution in [-0.4, -0.2) is 29.8 Å². The van der Waals surface area contributed by atoms with E-state index in [1.807, 2.05) is 36.4 Å². The van der Waals surface area contributed by atoms with Crippen molar-refractivity contribution >= 4 is 12.1 Å². The van der Waals surface area contributed by atoms with Gasteiger partial charge in [0.25, 0.3) is 0 Å². The van der Waals surface area contributed by atoms with Crippen LogP contribution in [0.3, 0.4) is 0 Å². The average Bonchev–Trinajstić information content (AvgIpc) is 3.12. The van der Waals surface area contributed by atoms with Crippen molar-refractivity contribution in [3.63, 3.8) is 0 Å². The Hall–Kier alpha value is -3.67. The minimum atomic E-state index is -1.11. The maximum Gasteiger partial charge on any atom is 0.407 e. The fraction of sp³-hybridized carbons (Fsp3) is 0.231. The van der Waals surface area contributed by atoms with Crippen LogP contribution in [0.1, 0.15) is 35.4 Å². The molecule has 1 atom stereocenters. The summed E-state index contributed by atoms with van der Waals surface area (Å²) in [6.07, 6.45) is 0.626. The Morgan fingerprint density at radius 1 is 0.938 bits per heavy atom. The molecule has 0 saturated heterocycles. The summed E-state index contributed by atoms with van der Waals surface area (Å²) in [5.41, 5.74) is 5.35. The second-order valence-corrected chi connectivity index (χ2v) is 7.88. The number of carbonyl (C=O) groups is 2. The molecule has 0 saturated carbocycles. The molecule has 4 rings (SSSR count). The Bertz CT molecular complexity index is 1070. The average molecular weight is 433 g/mol. The third-order valence-corrected chi connectivity index (χ3v) is 5.81. The van der Waals surface area contributed by atoms with Gasteiger partial charge in [-0.05, 0) is 59.2 Å². The number of halogens is 1. The number of benzene rings is 3. The van der Waals surface area contributed by atoms with Gasteiger partial charge in [0, 0.05) is 5.92 Å². The zero-order chi connectivity index (χ0) is 22.5. The second-order valence-electron chi connectivity index (χ2n) is 7.88. The van der Waals surface area contributed by atoms with Crippen LogP contribution in [-0.2, 0) is 16.0 Å². The Morgan fingerprint density at radius 3 is 2.12 bits per heavy atom. The van der Waals surface area contributed by atoms with E-state index in [-0.39, 0.29) is 24.8 Å². The van der Waals surface area contributed by atoms with Gasteiger partial charge >= 0.3 is 12.1 Å². The summed E-state index contributed by atoms with van der Waals surface area (Å²) in [7, 11) is 0. The minimum Gasteiger partial charge on any atom is -0.480 e. The molecule has 32 heavy (non-hydrogen) atoms. The summed E-state index contributed by atoms with van der Waals surface area (Å²) in [6.45, 7) is 0.127. The normalized spacial score (nSPS) is 13.2. The molecule has 0 bridgehead atoms. The predicted octanol–water partition coefficient (Wildman–Crippen LogP) is 5.14. The van der Waals surface area contributed by atoms with Crippen LogP contribution in [0.5, 0.6) is 0 Å². The van der Waals surface area contributed by atoms with E-state index in [4.69, 9.17) is 4.74 Å². The van der Waals surface area contributed by atoms with E-state index in [9.17, 15) is 19.1 Å². The Kier molecular flexibility index (Phi) is 6.50. The van der Waals surface area contributed by atoms with Gasteiger partial charge in [-0.15, -0.1) is 0 Å². The molecule has 0 heterocycles. The number of hydrogen-bond acceptors (Lipinski definition) is 3. The van der Waals surface area contributed by atoms with Crippen molar-refractivity contribution in [1.82, 2.24) is 5.32 Å². The maximum atomic E-state index is 13.0. The number of rotatable bonds is 8. The van der Waals surface area contributed by atoms with Gasteiger partial charge in [-0.1, -0.05) is 60.7 Å². The number of aliphatic carboxylic acids is 1. The van der Waals surface area contributed by atoms with E-state index in [2.05, 4.69) is 17.4 Å². The highest BCUT2D eigenvalue weighted by molar-refractivity contribution is 5.81. The van der Waals surface area contributed by atoms with E-state index in [1.54, 1.807) is 12.1 Å². The SMILES string of the molecule is O=C(N[C@@H](CCCc1ccc(F)cc1)C(=O)O)OCC1c2ccccc2-c2ccccc21. The fourth-order valence-corrected chi connectivity index (χ4v) is 4.20. The van der Waals surface area contributed by atoms with Crippen molar-refractivity contribution < 1.29 is 23.8 Å². The topological polar surface area (TPSA) is 75.6 Å². The third-order valence-electron chi connectivity index (χ3n) is 5.81. The molecule has 1 aliphatic rings. The minimum absolute atomic E-state index is 0.0881. The van der Waals surface area contributed by atoms with E-state index < -0.39 is 18.1 Å². The van der Waals surface area contributed by atoms with Crippen LogP contribution in [0, 0.1) is 5.82 Å². The highest BCUT2D eigenvalue weighted by Gasteiger charge is 2.29. The summed E-state index contributed by atoms with van der Waals surface area (Å²) in [6, 6.07) is 21.1. The van der Waals surface area contributed by atoms with Gasteiger partial charge in [0.05, 0.1) is 0 Å². The smallest absolute Gasteiger partial charge is 0.407 e. The van der Waals surface area contributed by atoms with E-state index in [0.29, 0.717) is 12.8 Å². The zero-order valence-electron chi connectivity index (χ0n) is 17.5. The maximum absolute atomic E-state index is 13.0. The van der Waals surface area contributed by atoms with Gasteiger partial charge in [0.15, 0.2) is 0 Å². The molecule has 1 amide bonds. The number of carboxylic acids is 1. The first-order valence-corrected chi connectivity index (χ1v) is 10.6. The Morgan fingerprint density at radius 2 is 1.53 bits per heavy atom. The third kappa shape index (κ3) is 4.80. The van der Waals surface area contributed by atoms with Gasteiger partial charge < -0.3 is 15.2 Å². The van der Waals surface area contributed by atoms with Gasteiger partial charge in [0.2, 0.25) is 0 Å². The second kappa shape index (κ2) is 9.64. The molecular formula is C26H24FNO4. The molecule has 2 N–H and O–H groups in total. The summed E-state index contributed by atoms with van der Waals surface area (Å²) in [4.78, 5) is 24.0. The quantitative estimate of drug-likeness (QED) is 0.516. The summed E-state index contributed by atoms with van der Waals surface area (Å²) in [5.74, 6) is -1.51. The van der Waals surface area contributed by atoms with Crippen molar-refractivity contribution in [3.05, 3.63) is 95.3 Å². The number of alkyl carbamates (subject to hydrolysis) is 1. The molecular weight excluding hydrogens is 409 g/mol. The first-order chi connectivity index (χ1) is 15.5. The molecule has 0 aliphatic heterocycles. The summed E-state index contributed by atoms with van der Waals surface area (Å²) >= 11 is 0. The lowest BCUT2D eigenvalue weighted by molar-refractivity contribution is -0.139. The number of ether oxygens (including phenoxy) is 1. The van der Waals surface area contributed by atoms with E-state index in [1.165, 1.54) is 12.1 Å². The molecule has 3 aromatic rings. The lowest BCUT2D eigenvalue weighted by Gasteiger charge is -2.17. The zero-order valence-corrected chi connectivity index (χ0v) is 17.5. The van der Waals surface area contributed by atoms with Crippen molar-refractivity contribution in [2.75, 3.05) is 6.61 Å². The number of nitrogens with one attached hydrogen (secondary N) is 1. The van der Waals surface area contributed by atoms with E-state index in [0.717, 1.165) is 27.8 Å². The van der Waals surface area contributed by atoms with E-state index >= 15 is 0 Å². The molecule has 0 radical (unpaired) electrons. The van der Waals surface area contributed by atoms with Crippen molar-refractivity contribution in [2.24, 2.45) is 0 Å². The predicted molar refractivity (Wildman–Crippen MR) is 119 cm³/mol. The van der Waals surface area contributed by atoms with Crippen molar-refractivity contribution in [2.45, 2.75) is 31.2 Å². The van der Waals surface area contributed by atoms with Gasteiger partial charge in [-0.25, -0.2) is 14.0 Å². The number of carbonyl (C=O) groups excluding carboxylic acids is 1. The number of aryl methyl sites for hydroxylation is 1. The molecule has 0 aromatic heterocycles. The number of fused-ring (bicyclic) bond motifs is 3. The number of carboxylic acid groups (broad SMARTS) is 1. The largest absolute Gasteiger partial charge is 0.480 e. The van der Waals surface area contributed by atoms with Crippen molar-refractivity contribution in [3.8, 4) is 11.1 Å². The lowest BCUT2D eigenvalue weighted by atomic mass is 9.98. The summed E-state index contributed by atoms with van der Waals surface area (Å²) in [5, 5.41) is 11.9. The van der Waals surface area contributed by atoms with Gasteiger partial charge in [-0.3, -0.25) is 0 Å². The molecule has 6 heteroatoms. The molecule has 5 nitrogen and oxygen atoms in total. The molecule has 0 unspecified atom stereocenters. The Labute approximate surface area is 185 Å². The Balaban J connectivity index is 1.33. The fourth-order valence-electron chi connectivity index (χ4n) is 4.20.